The number of ether oxygens (including phenoxy) is 1. The number of methoxy groups -OCH3 is 1. The Morgan fingerprint density at radius 3 is 2.47 bits per heavy atom. The minimum atomic E-state index is -3.66. The maximum atomic E-state index is 13.4. The van der Waals surface area contributed by atoms with Crippen LogP contribution >= 0.6 is 0 Å². The van der Waals surface area contributed by atoms with Crippen LogP contribution in [-0.2, 0) is 15.4 Å². The number of likely N-dealkylation sites (N-methyl/N-ethyl adjacent to an activating group) is 1. The first-order valence-corrected chi connectivity index (χ1v) is 13.4. The predicted octanol–water partition coefficient (Wildman–Crippen LogP) is 3.92. The number of hydrogen-bond donors (Lipinski definition) is 1. The third-order valence-corrected chi connectivity index (χ3v) is 8.77. The van der Waals surface area contributed by atoms with Crippen molar-refractivity contribution in [1.29, 1.82) is 0 Å². The molecule has 3 aromatic carbocycles. The van der Waals surface area contributed by atoms with Gasteiger partial charge in [-0.2, -0.15) is 0 Å². The number of piperazine rings is 1. The molecule has 180 valence electrons. The van der Waals surface area contributed by atoms with E-state index in [-0.39, 0.29) is 10.3 Å². The Morgan fingerprint density at radius 2 is 1.76 bits per heavy atom. The Bertz CT molecular complexity index is 1310. The van der Waals surface area contributed by atoms with Gasteiger partial charge in [0.15, 0.2) is 0 Å². The molecule has 1 heterocycles. The van der Waals surface area contributed by atoms with E-state index in [9.17, 15) is 8.42 Å². The molecule has 1 aliphatic heterocycles. The number of hydrogen-bond acceptors (Lipinski definition) is 5. The summed E-state index contributed by atoms with van der Waals surface area (Å²) in [6.45, 7) is 6.05. The molecule has 0 radical (unpaired) electrons. The summed E-state index contributed by atoms with van der Waals surface area (Å²) in [6, 6.07) is 18.0. The number of aryl methyl sites for hydroxylation is 1. The lowest BCUT2D eigenvalue weighted by molar-refractivity contribution is 0.311. The van der Waals surface area contributed by atoms with E-state index in [1.54, 1.807) is 25.3 Å². The molecule has 0 amide bonds. The van der Waals surface area contributed by atoms with E-state index in [1.165, 1.54) is 21.9 Å². The first-order chi connectivity index (χ1) is 16.3. The summed E-state index contributed by atoms with van der Waals surface area (Å²) in [5.74, 6) is 0.702. The van der Waals surface area contributed by atoms with Crippen LogP contribution in [0.15, 0.2) is 59.5 Å². The van der Waals surface area contributed by atoms with Crippen LogP contribution in [0.3, 0.4) is 0 Å². The van der Waals surface area contributed by atoms with Crippen LogP contribution in [0.25, 0.3) is 10.8 Å². The zero-order valence-corrected chi connectivity index (χ0v) is 21.0. The zero-order chi connectivity index (χ0) is 23.9. The molecule has 0 atom stereocenters. The molecule has 0 spiro atoms. The number of nitrogens with zero attached hydrogens (tertiary/aromatic N) is 2. The lowest BCUT2D eigenvalue weighted by Gasteiger charge is -2.34. The van der Waals surface area contributed by atoms with Gasteiger partial charge in [-0.3, -0.25) is 0 Å². The second kappa shape index (κ2) is 8.87. The van der Waals surface area contributed by atoms with Gasteiger partial charge in [0.25, 0.3) is 0 Å². The van der Waals surface area contributed by atoms with Gasteiger partial charge in [0.05, 0.1) is 17.7 Å². The Morgan fingerprint density at radius 1 is 1.00 bits per heavy atom. The van der Waals surface area contributed by atoms with Gasteiger partial charge in [-0.15, -0.1) is 0 Å². The van der Waals surface area contributed by atoms with Crippen molar-refractivity contribution in [3.8, 4) is 5.75 Å². The molecule has 1 N–H and O–H groups in total. The molecule has 2 aliphatic rings. The SMILES string of the molecule is COc1ccc(S(=O)(=O)NCC2(c3cccc4ccc(C)cc34)CC2)cc1N1CCN(C)CC1. The minimum absolute atomic E-state index is 0.146. The summed E-state index contributed by atoms with van der Waals surface area (Å²) >= 11 is 0. The van der Waals surface area contributed by atoms with Gasteiger partial charge in [-0.05, 0) is 61.3 Å². The molecule has 1 saturated carbocycles. The van der Waals surface area contributed by atoms with Crippen molar-refractivity contribution in [2.45, 2.75) is 30.1 Å². The van der Waals surface area contributed by atoms with Crippen LogP contribution in [0.5, 0.6) is 5.75 Å². The van der Waals surface area contributed by atoms with Crippen LogP contribution < -0.4 is 14.4 Å². The van der Waals surface area contributed by atoms with Crippen LogP contribution in [0.1, 0.15) is 24.0 Å². The molecule has 6 nitrogen and oxygen atoms in total. The van der Waals surface area contributed by atoms with Gasteiger partial charge in [0.2, 0.25) is 10.0 Å². The van der Waals surface area contributed by atoms with Crippen molar-refractivity contribution in [2.75, 3.05) is 51.8 Å². The molecular weight excluding hydrogens is 446 g/mol. The molecule has 5 rings (SSSR count). The summed E-state index contributed by atoms with van der Waals surface area (Å²) in [7, 11) is 0.0681. The summed E-state index contributed by atoms with van der Waals surface area (Å²) in [6.07, 6.45) is 1.97. The fourth-order valence-electron chi connectivity index (χ4n) is 4.99. The van der Waals surface area contributed by atoms with Gasteiger partial charge >= 0.3 is 0 Å². The third kappa shape index (κ3) is 4.40. The fraction of sp³-hybridized carbons (Fsp3) is 0.407. The van der Waals surface area contributed by atoms with E-state index in [0.717, 1.165) is 44.7 Å². The van der Waals surface area contributed by atoms with Crippen LogP contribution in [-0.4, -0.2) is 60.2 Å². The van der Waals surface area contributed by atoms with Gasteiger partial charge in [0, 0.05) is 38.1 Å². The second-order valence-corrected chi connectivity index (χ2v) is 11.5. The molecule has 1 aliphatic carbocycles. The maximum absolute atomic E-state index is 13.4. The molecular formula is C27H33N3O3S. The van der Waals surface area contributed by atoms with Crippen molar-refractivity contribution in [2.24, 2.45) is 0 Å². The number of benzene rings is 3. The highest BCUT2D eigenvalue weighted by molar-refractivity contribution is 7.89. The quantitative estimate of drug-likeness (QED) is 0.557. The number of sulfonamides is 1. The summed E-state index contributed by atoms with van der Waals surface area (Å²) in [4.78, 5) is 4.76. The standard InChI is InChI=1S/C27H33N3O3S/c1-20-7-8-21-5-4-6-24(23(21)17-20)27(11-12-27)19-28-34(31,32)22-9-10-26(33-3)25(18-22)30-15-13-29(2)14-16-30/h4-10,17-18,28H,11-16,19H2,1-3H3. The molecule has 3 aromatic rings. The van der Waals surface area contributed by atoms with Crippen molar-refractivity contribution < 1.29 is 13.2 Å². The smallest absolute Gasteiger partial charge is 0.240 e. The average molecular weight is 480 g/mol. The Kier molecular flexibility index (Phi) is 6.04. The highest BCUT2D eigenvalue weighted by atomic mass is 32.2. The highest BCUT2D eigenvalue weighted by Gasteiger charge is 2.45. The lowest BCUT2D eigenvalue weighted by Crippen LogP contribution is -2.44. The van der Waals surface area contributed by atoms with Crippen molar-refractivity contribution in [1.82, 2.24) is 9.62 Å². The summed E-state index contributed by atoms with van der Waals surface area (Å²) in [5.41, 5.74) is 3.15. The second-order valence-electron chi connectivity index (χ2n) is 9.76. The Labute approximate surface area is 202 Å². The van der Waals surface area contributed by atoms with Crippen LogP contribution in [0, 0.1) is 6.92 Å². The normalized spacial score (nSPS) is 18.3. The first-order valence-electron chi connectivity index (χ1n) is 11.9. The van der Waals surface area contributed by atoms with Gasteiger partial charge in [-0.25, -0.2) is 13.1 Å². The fourth-order valence-corrected chi connectivity index (χ4v) is 6.14. The van der Waals surface area contributed by atoms with Gasteiger partial charge < -0.3 is 14.5 Å². The first kappa shape index (κ1) is 23.1. The van der Waals surface area contributed by atoms with E-state index in [1.807, 2.05) is 0 Å². The maximum Gasteiger partial charge on any atom is 0.240 e. The van der Waals surface area contributed by atoms with Crippen LogP contribution in [0.2, 0.25) is 0 Å². The molecule has 0 unspecified atom stereocenters. The molecule has 34 heavy (non-hydrogen) atoms. The molecule has 1 saturated heterocycles. The molecule has 2 fully saturated rings. The average Bonchev–Trinajstić information content (AvgIpc) is 3.63. The molecule has 0 aromatic heterocycles. The Hall–Kier alpha value is -2.61. The summed E-state index contributed by atoms with van der Waals surface area (Å²) < 4.78 is 35.2. The topological polar surface area (TPSA) is 61.9 Å². The largest absolute Gasteiger partial charge is 0.495 e. The van der Waals surface area contributed by atoms with Crippen LogP contribution in [0.4, 0.5) is 5.69 Å². The van der Waals surface area contributed by atoms with E-state index >= 15 is 0 Å². The number of rotatable bonds is 7. The van der Waals surface area contributed by atoms with E-state index < -0.39 is 10.0 Å². The lowest BCUT2D eigenvalue weighted by atomic mass is 9.90. The predicted molar refractivity (Wildman–Crippen MR) is 137 cm³/mol. The zero-order valence-electron chi connectivity index (χ0n) is 20.2. The number of nitrogens with one attached hydrogen (secondary N) is 1. The van der Waals surface area contributed by atoms with Crippen molar-refractivity contribution in [3.05, 3.63) is 65.7 Å². The van der Waals surface area contributed by atoms with Gasteiger partial charge in [-0.1, -0.05) is 42.0 Å². The summed E-state index contributed by atoms with van der Waals surface area (Å²) in [5, 5.41) is 2.42. The third-order valence-electron chi connectivity index (χ3n) is 7.37. The monoisotopic (exact) mass is 479 g/mol. The molecule has 7 heteroatoms. The Balaban J connectivity index is 1.40. The molecule has 0 bridgehead atoms. The van der Waals surface area contributed by atoms with E-state index in [2.05, 4.69) is 64.9 Å². The van der Waals surface area contributed by atoms with Gasteiger partial charge in [0.1, 0.15) is 5.75 Å². The number of fused-ring (bicyclic) bond motifs is 1. The highest BCUT2D eigenvalue weighted by Crippen LogP contribution is 2.50. The van der Waals surface area contributed by atoms with Crippen molar-refractivity contribution >= 4 is 26.5 Å². The van der Waals surface area contributed by atoms with Crippen molar-refractivity contribution in [3.63, 3.8) is 0 Å². The minimum Gasteiger partial charge on any atom is -0.495 e. The number of anilines is 1. The van der Waals surface area contributed by atoms with E-state index in [0.29, 0.717) is 12.3 Å². The van der Waals surface area contributed by atoms with E-state index in [4.69, 9.17) is 4.74 Å².